The topological polar surface area (TPSA) is 106 Å². The maximum absolute atomic E-state index is 13.5. The third-order valence-corrected chi connectivity index (χ3v) is 5.59. The number of aromatic nitrogens is 2. The van der Waals surface area contributed by atoms with Gasteiger partial charge in [-0.25, -0.2) is 4.98 Å². The largest absolute Gasteiger partial charge is 0.480 e. The second-order valence-electron chi connectivity index (χ2n) is 8.96. The van der Waals surface area contributed by atoms with Crippen molar-refractivity contribution in [2.45, 2.75) is 38.7 Å². The lowest BCUT2D eigenvalue weighted by molar-refractivity contribution is -0.123. The van der Waals surface area contributed by atoms with E-state index in [0.717, 1.165) is 18.7 Å². The van der Waals surface area contributed by atoms with E-state index in [1.165, 1.54) is 18.6 Å². The molecular formula is C24H34BN5O4. The van der Waals surface area contributed by atoms with Gasteiger partial charge in [-0.2, -0.15) is 0 Å². The molecule has 0 aliphatic carbocycles. The van der Waals surface area contributed by atoms with Gasteiger partial charge in [0.2, 0.25) is 5.91 Å². The predicted octanol–water partition coefficient (Wildman–Crippen LogP) is 1.35. The smallest absolute Gasteiger partial charge is 0.408 e. The van der Waals surface area contributed by atoms with Crippen molar-refractivity contribution in [1.29, 1.82) is 0 Å². The molecule has 0 unspecified atom stereocenters. The van der Waals surface area contributed by atoms with Crippen LogP contribution in [0, 0.1) is 5.92 Å². The molecule has 1 fully saturated rings. The molecule has 1 saturated heterocycles. The zero-order valence-electron chi connectivity index (χ0n) is 20.1. The van der Waals surface area contributed by atoms with Gasteiger partial charge in [-0.05, 0) is 24.9 Å². The minimum absolute atomic E-state index is 0.155. The van der Waals surface area contributed by atoms with E-state index in [9.17, 15) is 9.59 Å². The maximum atomic E-state index is 13.5. The molecule has 0 radical (unpaired) electrons. The van der Waals surface area contributed by atoms with Gasteiger partial charge in [-0.1, -0.05) is 44.2 Å². The van der Waals surface area contributed by atoms with Gasteiger partial charge in [-0.15, -0.1) is 0 Å². The minimum atomic E-state index is -0.800. The number of carbonyl (C=O) groups excluding carboxylic acids is 2. The van der Waals surface area contributed by atoms with Crippen LogP contribution in [0.1, 0.15) is 36.3 Å². The standard InChI is InChI=1S/C24H34BN5O4/c1-18(2)15-22(25-33-13-11-30(3)12-14-34-25)29-23(31)20(16-19-7-5-4-6-8-19)28-24(32)21-17-26-9-10-27-21/h4-10,17-18,20,22H,11-16H2,1-3H3,(H,28,32)(H,29,31)/t20-,22-/m0/s1. The summed E-state index contributed by atoms with van der Waals surface area (Å²) in [6.07, 6.45) is 5.34. The summed E-state index contributed by atoms with van der Waals surface area (Å²) in [6.45, 7) is 6.81. The Labute approximate surface area is 201 Å². The molecule has 1 aromatic carbocycles. The minimum Gasteiger partial charge on any atom is -0.408 e. The Morgan fingerprint density at radius 3 is 2.41 bits per heavy atom. The molecule has 0 spiro atoms. The van der Waals surface area contributed by atoms with Crippen LogP contribution in [-0.2, 0) is 20.5 Å². The third kappa shape index (κ3) is 8.20. The van der Waals surface area contributed by atoms with Crippen molar-refractivity contribution in [3.8, 4) is 0 Å². The Bertz CT molecular complexity index is 893. The maximum Gasteiger partial charge on any atom is 0.480 e. The number of carbonyl (C=O) groups is 2. The molecule has 0 saturated carbocycles. The molecule has 2 atom stereocenters. The normalized spacial score (nSPS) is 16.9. The molecular weight excluding hydrogens is 433 g/mol. The molecule has 182 valence electrons. The number of hydrogen-bond donors (Lipinski definition) is 2. The second kappa shape index (κ2) is 13.2. The van der Waals surface area contributed by atoms with Crippen molar-refractivity contribution in [2.75, 3.05) is 33.4 Å². The zero-order chi connectivity index (χ0) is 24.3. The van der Waals surface area contributed by atoms with Gasteiger partial charge in [0.1, 0.15) is 11.7 Å². The molecule has 3 rings (SSSR count). The summed E-state index contributed by atoms with van der Waals surface area (Å²) < 4.78 is 12.0. The average Bonchev–Trinajstić information content (AvgIpc) is 2.81. The van der Waals surface area contributed by atoms with Gasteiger partial charge >= 0.3 is 7.12 Å². The molecule has 2 N–H and O–H groups in total. The van der Waals surface area contributed by atoms with E-state index in [1.807, 2.05) is 37.4 Å². The highest BCUT2D eigenvalue weighted by Gasteiger charge is 2.35. The van der Waals surface area contributed by atoms with Crippen molar-refractivity contribution >= 4 is 18.9 Å². The first kappa shape index (κ1) is 25.8. The van der Waals surface area contributed by atoms with Crippen LogP contribution in [0.15, 0.2) is 48.9 Å². The lowest BCUT2D eigenvalue weighted by Crippen LogP contribution is -2.57. The van der Waals surface area contributed by atoms with Crippen LogP contribution in [0.25, 0.3) is 0 Å². The molecule has 1 aromatic heterocycles. The van der Waals surface area contributed by atoms with E-state index in [1.54, 1.807) is 0 Å². The van der Waals surface area contributed by atoms with Crippen LogP contribution >= 0.6 is 0 Å². The summed E-state index contributed by atoms with van der Waals surface area (Å²) in [5, 5.41) is 5.93. The van der Waals surface area contributed by atoms with E-state index in [0.29, 0.717) is 32.0 Å². The van der Waals surface area contributed by atoms with E-state index < -0.39 is 19.1 Å². The molecule has 1 aliphatic rings. The van der Waals surface area contributed by atoms with Crippen LogP contribution in [0.2, 0.25) is 0 Å². The monoisotopic (exact) mass is 467 g/mol. The van der Waals surface area contributed by atoms with Crippen LogP contribution in [0.5, 0.6) is 0 Å². The van der Waals surface area contributed by atoms with Gasteiger partial charge in [0.05, 0.1) is 12.1 Å². The molecule has 0 bridgehead atoms. The Hall–Kier alpha value is -2.82. The number of nitrogens with zero attached hydrogens (tertiary/aromatic N) is 3. The predicted molar refractivity (Wildman–Crippen MR) is 130 cm³/mol. The Kier molecular flexibility index (Phi) is 9.99. The Morgan fingerprint density at radius 2 is 1.79 bits per heavy atom. The van der Waals surface area contributed by atoms with Gasteiger partial charge < -0.3 is 24.8 Å². The SMILES string of the molecule is CC(C)C[C@H](NC(=O)[C@H](Cc1ccccc1)NC(=O)c1cnccn1)B1OCCN(C)CCO1. The highest BCUT2D eigenvalue weighted by Crippen LogP contribution is 2.13. The van der Waals surface area contributed by atoms with E-state index in [2.05, 4.69) is 39.3 Å². The van der Waals surface area contributed by atoms with Crippen LogP contribution in [-0.4, -0.2) is 79.1 Å². The van der Waals surface area contributed by atoms with Gasteiger partial charge in [-0.3, -0.25) is 14.6 Å². The van der Waals surface area contributed by atoms with Crippen molar-refractivity contribution in [1.82, 2.24) is 25.5 Å². The fourth-order valence-electron chi connectivity index (χ4n) is 3.78. The van der Waals surface area contributed by atoms with Crippen molar-refractivity contribution in [3.05, 3.63) is 60.2 Å². The summed E-state index contributed by atoms with van der Waals surface area (Å²) >= 11 is 0. The van der Waals surface area contributed by atoms with Crippen molar-refractivity contribution < 1.29 is 18.9 Å². The highest BCUT2D eigenvalue weighted by atomic mass is 16.6. The van der Waals surface area contributed by atoms with Gasteiger partial charge in [0.25, 0.3) is 5.91 Å². The van der Waals surface area contributed by atoms with E-state index >= 15 is 0 Å². The van der Waals surface area contributed by atoms with Crippen LogP contribution in [0.4, 0.5) is 0 Å². The number of likely N-dealkylation sites (N-methyl/N-ethyl adjacent to an activating group) is 1. The molecule has 10 heteroatoms. The van der Waals surface area contributed by atoms with E-state index in [4.69, 9.17) is 9.31 Å². The fraction of sp³-hybridized carbons (Fsp3) is 0.500. The third-order valence-electron chi connectivity index (χ3n) is 5.59. The molecule has 2 heterocycles. The number of rotatable bonds is 9. The van der Waals surface area contributed by atoms with Gasteiger partial charge in [0.15, 0.2) is 0 Å². The Morgan fingerprint density at radius 1 is 1.09 bits per heavy atom. The first-order chi connectivity index (χ1) is 16.4. The lowest BCUT2D eigenvalue weighted by atomic mass is 9.73. The summed E-state index contributed by atoms with van der Waals surface area (Å²) in [5.74, 6) is -0.779. The van der Waals surface area contributed by atoms with Crippen molar-refractivity contribution in [2.24, 2.45) is 5.92 Å². The molecule has 9 nitrogen and oxygen atoms in total. The summed E-state index contributed by atoms with van der Waals surface area (Å²) in [7, 11) is 1.47. The zero-order valence-corrected chi connectivity index (χ0v) is 20.1. The number of hydrogen-bond acceptors (Lipinski definition) is 7. The first-order valence-corrected chi connectivity index (χ1v) is 11.7. The second-order valence-corrected chi connectivity index (χ2v) is 8.96. The molecule has 2 aromatic rings. The summed E-state index contributed by atoms with van der Waals surface area (Å²) in [6, 6.07) is 8.78. The van der Waals surface area contributed by atoms with E-state index in [-0.39, 0.29) is 17.5 Å². The van der Waals surface area contributed by atoms with Crippen LogP contribution < -0.4 is 10.6 Å². The number of benzene rings is 1. The fourth-order valence-corrected chi connectivity index (χ4v) is 3.78. The summed E-state index contributed by atoms with van der Waals surface area (Å²) in [4.78, 5) is 36.4. The highest BCUT2D eigenvalue weighted by molar-refractivity contribution is 6.47. The number of amides is 2. The molecule has 2 amide bonds. The Balaban J connectivity index is 1.75. The summed E-state index contributed by atoms with van der Waals surface area (Å²) in [5.41, 5.74) is 1.09. The lowest BCUT2D eigenvalue weighted by Gasteiger charge is -2.30. The first-order valence-electron chi connectivity index (χ1n) is 11.7. The van der Waals surface area contributed by atoms with Gasteiger partial charge in [0, 0.05) is 45.1 Å². The molecule has 34 heavy (non-hydrogen) atoms. The molecule has 1 aliphatic heterocycles. The number of nitrogens with one attached hydrogen (secondary N) is 2. The van der Waals surface area contributed by atoms with Crippen molar-refractivity contribution in [3.63, 3.8) is 0 Å². The quantitative estimate of drug-likeness (QED) is 0.537. The average molecular weight is 467 g/mol. The van der Waals surface area contributed by atoms with Crippen LogP contribution in [0.3, 0.4) is 0 Å².